The van der Waals surface area contributed by atoms with Crippen molar-refractivity contribution >= 4 is 24.5 Å². The molecular weight excluding hydrogens is 306 g/mol. The Morgan fingerprint density at radius 1 is 1.45 bits per heavy atom. The number of methoxy groups -OCH3 is 1. The van der Waals surface area contributed by atoms with Crippen LogP contribution in [-0.4, -0.2) is 45.9 Å². The van der Waals surface area contributed by atoms with Crippen LogP contribution in [0.1, 0.15) is 18.1 Å². The maximum atomic E-state index is 12.4. The molecule has 1 aromatic rings. The van der Waals surface area contributed by atoms with E-state index in [2.05, 4.69) is 12.6 Å². The Morgan fingerprint density at radius 3 is 2.68 bits per heavy atom. The number of fused-ring (bicyclic) bond motifs is 1. The maximum absolute atomic E-state index is 12.4. The summed E-state index contributed by atoms with van der Waals surface area (Å²) in [5.74, 6) is -1.03. The lowest BCUT2D eigenvalue weighted by molar-refractivity contribution is -0.152. The molecule has 2 N–H and O–H groups in total. The molecule has 2 unspecified atom stereocenters. The Kier molecular flexibility index (Phi) is 4.85. The molecule has 0 aliphatic carbocycles. The lowest BCUT2D eigenvalue weighted by atomic mass is 9.92. The third-order valence-corrected chi connectivity index (χ3v) is 4.44. The third kappa shape index (κ3) is 2.99. The predicted octanol–water partition coefficient (Wildman–Crippen LogP) is 1.30. The van der Waals surface area contributed by atoms with E-state index in [1.165, 1.54) is 18.1 Å². The summed E-state index contributed by atoms with van der Waals surface area (Å²) in [6, 6.07) is 2.24. The minimum atomic E-state index is -1.04. The minimum absolute atomic E-state index is 0.0235. The zero-order valence-electron chi connectivity index (χ0n) is 12.4. The number of carbonyl (C=O) groups is 2. The van der Waals surface area contributed by atoms with Crippen LogP contribution in [0.15, 0.2) is 12.1 Å². The summed E-state index contributed by atoms with van der Waals surface area (Å²) in [6.07, 6.45) is 0.187. The zero-order valence-corrected chi connectivity index (χ0v) is 13.3. The number of carboxylic acids is 1. The smallest absolute Gasteiger partial charge is 0.326 e. The van der Waals surface area contributed by atoms with Gasteiger partial charge >= 0.3 is 5.97 Å². The van der Waals surface area contributed by atoms with Crippen LogP contribution < -0.4 is 4.74 Å². The maximum Gasteiger partial charge on any atom is 0.326 e. The van der Waals surface area contributed by atoms with Crippen molar-refractivity contribution in [2.24, 2.45) is 5.92 Å². The van der Waals surface area contributed by atoms with Crippen molar-refractivity contribution in [1.29, 1.82) is 0 Å². The Morgan fingerprint density at radius 2 is 2.14 bits per heavy atom. The Labute approximate surface area is 134 Å². The number of hydrogen-bond donors (Lipinski definition) is 3. The number of phenols is 1. The van der Waals surface area contributed by atoms with Crippen LogP contribution in [0.2, 0.25) is 0 Å². The van der Waals surface area contributed by atoms with Crippen molar-refractivity contribution in [3.8, 4) is 11.5 Å². The van der Waals surface area contributed by atoms with Crippen molar-refractivity contribution in [2.45, 2.75) is 25.9 Å². The Balaban J connectivity index is 2.40. The fourth-order valence-electron chi connectivity index (χ4n) is 2.58. The second-order valence-electron chi connectivity index (χ2n) is 5.40. The Hall–Kier alpha value is -1.89. The van der Waals surface area contributed by atoms with E-state index in [9.17, 15) is 19.8 Å². The predicted molar refractivity (Wildman–Crippen MR) is 83.4 cm³/mol. The first kappa shape index (κ1) is 16.5. The van der Waals surface area contributed by atoms with Gasteiger partial charge in [-0.25, -0.2) is 4.79 Å². The first-order chi connectivity index (χ1) is 10.4. The van der Waals surface area contributed by atoms with Gasteiger partial charge in [0.2, 0.25) is 5.91 Å². The van der Waals surface area contributed by atoms with Crippen LogP contribution >= 0.6 is 12.6 Å². The van der Waals surface area contributed by atoms with Gasteiger partial charge in [0.15, 0.2) is 11.5 Å². The van der Waals surface area contributed by atoms with E-state index in [0.29, 0.717) is 11.5 Å². The molecule has 0 aromatic heterocycles. The number of amides is 1. The highest BCUT2D eigenvalue weighted by Crippen LogP contribution is 2.34. The molecule has 2 atom stereocenters. The summed E-state index contributed by atoms with van der Waals surface area (Å²) in [5, 5.41) is 19.3. The third-order valence-electron chi connectivity index (χ3n) is 3.89. The van der Waals surface area contributed by atoms with Gasteiger partial charge in [0, 0.05) is 24.6 Å². The molecule has 1 aliphatic rings. The molecule has 120 valence electrons. The number of benzene rings is 1. The van der Waals surface area contributed by atoms with Gasteiger partial charge in [-0.2, -0.15) is 12.6 Å². The number of carboxylic acid groups (broad SMARTS) is 1. The van der Waals surface area contributed by atoms with Gasteiger partial charge in [0.25, 0.3) is 0 Å². The second kappa shape index (κ2) is 6.48. The summed E-state index contributed by atoms with van der Waals surface area (Å²) < 4.78 is 5.05. The number of aromatic hydroxyl groups is 1. The van der Waals surface area contributed by atoms with Gasteiger partial charge in [0.1, 0.15) is 6.04 Å². The van der Waals surface area contributed by atoms with E-state index in [0.717, 1.165) is 11.1 Å². The quantitative estimate of drug-likeness (QED) is 0.727. The van der Waals surface area contributed by atoms with Crippen LogP contribution in [0, 0.1) is 5.92 Å². The number of thiol groups is 1. The number of phenolic OH excluding ortho intramolecular Hbond substituents is 1. The lowest BCUT2D eigenvalue weighted by Crippen LogP contribution is -2.50. The van der Waals surface area contributed by atoms with Crippen LogP contribution in [-0.2, 0) is 22.6 Å². The van der Waals surface area contributed by atoms with Crippen LogP contribution in [0.25, 0.3) is 0 Å². The first-order valence-electron chi connectivity index (χ1n) is 6.92. The van der Waals surface area contributed by atoms with Crippen LogP contribution in [0.3, 0.4) is 0 Å². The van der Waals surface area contributed by atoms with E-state index in [1.54, 1.807) is 13.0 Å². The molecular formula is C15H19NO5S. The monoisotopic (exact) mass is 325 g/mol. The number of ether oxygens (including phenoxy) is 1. The van der Waals surface area contributed by atoms with E-state index in [-0.39, 0.29) is 30.5 Å². The van der Waals surface area contributed by atoms with Gasteiger partial charge < -0.3 is 19.8 Å². The number of carbonyl (C=O) groups excluding carboxylic acids is 1. The van der Waals surface area contributed by atoms with E-state index in [1.807, 2.05) is 0 Å². The van der Waals surface area contributed by atoms with Crippen molar-refractivity contribution in [2.75, 3.05) is 12.9 Å². The van der Waals surface area contributed by atoms with Crippen LogP contribution in [0.4, 0.5) is 0 Å². The molecule has 0 spiro atoms. The topological polar surface area (TPSA) is 87.1 Å². The molecule has 6 nitrogen and oxygen atoms in total. The van der Waals surface area contributed by atoms with Gasteiger partial charge in [0.05, 0.1) is 7.11 Å². The normalized spacial score (nSPS) is 18.5. The zero-order chi connectivity index (χ0) is 16.4. The fourth-order valence-corrected chi connectivity index (χ4v) is 2.74. The second-order valence-corrected chi connectivity index (χ2v) is 5.77. The van der Waals surface area contributed by atoms with Crippen LogP contribution in [0.5, 0.6) is 11.5 Å². The van der Waals surface area contributed by atoms with Crippen molar-refractivity contribution in [3.05, 3.63) is 23.3 Å². The molecule has 7 heteroatoms. The largest absolute Gasteiger partial charge is 0.504 e. The molecule has 0 bridgehead atoms. The molecule has 0 radical (unpaired) electrons. The highest BCUT2D eigenvalue weighted by atomic mass is 32.1. The minimum Gasteiger partial charge on any atom is -0.504 e. The lowest BCUT2D eigenvalue weighted by Gasteiger charge is -2.36. The number of hydrogen-bond acceptors (Lipinski definition) is 5. The first-order valence-corrected chi connectivity index (χ1v) is 7.55. The summed E-state index contributed by atoms with van der Waals surface area (Å²) >= 11 is 4.10. The highest BCUT2D eigenvalue weighted by molar-refractivity contribution is 7.80. The molecule has 0 fully saturated rings. The highest BCUT2D eigenvalue weighted by Gasteiger charge is 2.36. The summed E-state index contributed by atoms with van der Waals surface area (Å²) in [7, 11) is 1.43. The van der Waals surface area contributed by atoms with E-state index >= 15 is 0 Å². The number of rotatable bonds is 4. The van der Waals surface area contributed by atoms with Gasteiger partial charge in [-0.15, -0.1) is 0 Å². The van der Waals surface area contributed by atoms with Gasteiger partial charge in [-0.1, -0.05) is 6.92 Å². The fraction of sp³-hybridized carbons (Fsp3) is 0.467. The number of aliphatic carboxylic acids is 1. The SMILES string of the molecule is COc1cc2c(cc1O)CN(C(=O)C(C)CS)C(C(=O)O)C2. The summed E-state index contributed by atoms with van der Waals surface area (Å²) in [6.45, 7) is 1.87. The van der Waals surface area contributed by atoms with Gasteiger partial charge in [-0.3, -0.25) is 4.79 Å². The van der Waals surface area contributed by atoms with Gasteiger partial charge in [-0.05, 0) is 23.3 Å². The van der Waals surface area contributed by atoms with Crippen molar-refractivity contribution in [3.63, 3.8) is 0 Å². The average Bonchev–Trinajstić information content (AvgIpc) is 2.51. The molecule has 1 aliphatic heterocycles. The molecule has 1 heterocycles. The number of nitrogens with zero attached hydrogens (tertiary/aromatic N) is 1. The Bertz CT molecular complexity index is 604. The summed E-state index contributed by atoms with van der Waals surface area (Å²) in [4.78, 5) is 25.3. The standard InChI is InChI=1S/C15H19NO5S/c1-8(7-22)14(18)16-6-10-4-12(17)13(21-2)5-9(10)3-11(16)15(19)20/h4-5,8,11,17,22H,3,6-7H2,1-2H3,(H,19,20). The average molecular weight is 325 g/mol. The molecule has 2 rings (SSSR count). The van der Waals surface area contributed by atoms with E-state index < -0.39 is 12.0 Å². The molecule has 1 amide bonds. The molecule has 1 aromatic carbocycles. The van der Waals surface area contributed by atoms with E-state index in [4.69, 9.17) is 4.74 Å². The molecule has 0 saturated carbocycles. The summed E-state index contributed by atoms with van der Waals surface area (Å²) in [5.41, 5.74) is 1.50. The molecule has 22 heavy (non-hydrogen) atoms. The van der Waals surface area contributed by atoms with Crippen molar-refractivity contribution in [1.82, 2.24) is 4.90 Å². The van der Waals surface area contributed by atoms with Crippen molar-refractivity contribution < 1.29 is 24.5 Å². The molecule has 0 saturated heterocycles.